The average molecular weight is 355 g/mol. The summed E-state index contributed by atoms with van der Waals surface area (Å²) in [4.78, 5) is 4.17. The average Bonchev–Trinajstić information content (AvgIpc) is 2.24. The van der Waals surface area contributed by atoms with Gasteiger partial charge in [0.1, 0.15) is 0 Å². The Kier molecular flexibility index (Phi) is 12.6. The van der Waals surface area contributed by atoms with E-state index in [9.17, 15) is 0 Å². The highest BCUT2D eigenvalue weighted by atomic mass is 127. The lowest BCUT2D eigenvalue weighted by atomic mass is 9.87. The van der Waals surface area contributed by atoms with Gasteiger partial charge in [0.05, 0.1) is 0 Å². The lowest BCUT2D eigenvalue weighted by molar-refractivity contribution is 0.318. The lowest BCUT2D eigenvalue weighted by Crippen LogP contribution is -2.41. The molecule has 104 valence electrons. The molecule has 0 aromatic heterocycles. The molecule has 0 saturated carbocycles. The largest absolute Gasteiger partial charge is 0.357 e. The second kappa shape index (κ2) is 11.1. The minimum atomic E-state index is 0. The quantitative estimate of drug-likeness (QED) is 0.318. The number of hydrogen-bond donors (Lipinski definition) is 2. The maximum absolute atomic E-state index is 4.17. The van der Waals surface area contributed by atoms with Gasteiger partial charge in [-0.05, 0) is 18.8 Å². The Balaban J connectivity index is 0. The number of aliphatic imine (C=N–C) groups is 1. The first-order valence-corrected chi connectivity index (χ1v) is 6.50. The van der Waals surface area contributed by atoms with E-state index in [-0.39, 0.29) is 24.0 Å². The van der Waals surface area contributed by atoms with Gasteiger partial charge in [-0.3, -0.25) is 4.99 Å². The van der Waals surface area contributed by atoms with Crippen molar-refractivity contribution in [3.63, 3.8) is 0 Å². The highest BCUT2D eigenvalue weighted by Gasteiger charge is 2.17. The van der Waals surface area contributed by atoms with E-state index in [1.54, 1.807) is 0 Å². The van der Waals surface area contributed by atoms with E-state index in [1.807, 2.05) is 7.05 Å². The van der Waals surface area contributed by atoms with Crippen molar-refractivity contribution in [3.8, 4) is 0 Å². The highest BCUT2D eigenvalue weighted by molar-refractivity contribution is 14.0. The van der Waals surface area contributed by atoms with Gasteiger partial charge in [-0.25, -0.2) is 0 Å². The van der Waals surface area contributed by atoms with Crippen LogP contribution < -0.4 is 10.6 Å². The van der Waals surface area contributed by atoms with Gasteiger partial charge in [-0.2, -0.15) is 0 Å². The molecule has 0 radical (unpaired) electrons. The molecule has 2 N–H and O–H groups in total. The van der Waals surface area contributed by atoms with Crippen molar-refractivity contribution in [1.29, 1.82) is 0 Å². The van der Waals surface area contributed by atoms with E-state index >= 15 is 0 Å². The number of nitrogens with one attached hydrogen (secondary N) is 2. The smallest absolute Gasteiger partial charge is 0.190 e. The molecule has 0 aliphatic heterocycles. The summed E-state index contributed by atoms with van der Waals surface area (Å²) >= 11 is 0. The fourth-order valence-corrected chi connectivity index (χ4v) is 1.65. The summed E-state index contributed by atoms with van der Waals surface area (Å²) in [7, 11) is 1.81. The highest BCUT2D eigenvalue weighted by Crippen LogP contribution is 2.22. The van der Waals surface area contributed by atoms with Crippen LogP contribution in [0.4, 0.5) is 0 Å². The molecule has 0 fully saturated rings. The Bertz CT molecular complexity index is 203. The van der Waals surface area contributed by atoms with E-state index in [4.69, 9.17) is 0 Å². The van der Waals surface area contributed by atoms with Crippen molar-refractivity contribution in [1.82, 2.24) is 10.6 Å². The molecule has 0 spiro atoms. The molecule has 0 atom stereocenters. The maximum atomic E-state index is 4.17. The maximum Gasteiger partial charge on any atom is 0.190 e. The van der Waals surface area contributed by atoms with Crippen molar-refractivity contribution < 1.29 is 0 Å². The van der Waals surface area contributed by atoms with Crippen molar-refractivity contribution in [2.45, 2.75) is 53.4 Å². The van der Waals surface area contributed by atoms with Crippen LogP contribution in [0, 0.1) is 5.41 Å². The summed E-state index contributed by atoms with van der Waals surface area (Å²) < 4.78 is 0. The van der Waals surface area contributed by atoms with Crippen molar-refractivity contribution in [2.24, 2.45) is 10.4 Å². The summed E-state index contributed by atoms with van der Waals surface area (Å²) in [6, 6.07) is 0. The van der Waals surface area contributed by atoms with E-state index in [2.05, 4.69) is 43.3 Å². The molecular formula is C13H30IN3. The SMILES string of the molecule is CCCCCC(C)(C)CNC(=NC)NCC.I. The molecule has 3 nitrogen and oxygen atoms in total. The minimum Gasteiger partial charge on any atom is -0.357 e. The predicted octanol–water partition coefficient (Wildman–Crippen LogP) is 3.40. The number of halogens is 1. The van der Waals surface area contributed by atoms with Crippen LogP contribution >= 0.6 is 24.0 Å². The first kappa shape index (κ1) is 19.3. The van der Waals surface area contributed by atoms with Crippen LogP contribution in [-0.4, -0.2) is 26.1 Å². The summed E-state index contributed by atoms with van der Waals surface area (Å²) in [6.07, 6.45) is 5.23. The third-order valence-electron chi connectivity index (χ3n) is 2.76. The van der Waals surface area contributed by atoms with Crippen LogP contribution in [0.5, 0.6) is 0 Å². The Labute approximate surface area is 124 Å². The van der Waals surface area contributed by atoms with Gasteiger partial charge in [0.15, 0.2) is 5.96 Å². The Morgan fingerprint density at radius 3 is 2.24 bits per heavy atom. The topological polar surface area (TPSA) is 36.4 Å². The van der Waals surface area contributed by atoms with Gasteiger partial charge >= 0.3 is 0 Å². The predicted molar refractivity (Wildman–Crippen MR) is 88.4 cm³/mol. The first-order chi connectivity index (χ1) is 7.55. The fourth-order valence-electron chi connectivity index (χ4n) is 1.65. The Morgan fingerprint density at radius 2 is 1.76 bits per heavy atom. The first-order valence-electron chi connectivity index (χ1n) is 6.50. The van der Waals surface area contributed by atoms with E-state index in [0.29, 0.717) is 5.41 Å². The number of guanidine groups is 1. The van der Waals surface area contributed by atoms with Gasteiger partial charge in [0.25, 0.3) is 0 Å². The number of rotatable bonds is 7. The monoisotopic (exact) mass is 355 g/mol. The standard InChI is InChI=1S/C13H29N3.HI/c1-6-8-9-10-13(3,4)11-16-12(14-5)15-7-2;/h6-11H2,1-5H3,(H2,14,15,16);1H. The Morgan fingerprint density at radius 1 is 1.12 bits per heavy atom. The molecule has 0 saturated heterocycles. The zero-order valence-electron chi connectivity index (χ0n) is 12.1. The van der Waals surface area contributed by atoms with Gasteiger partial charge in [0, 0.05) is 20.1 Å². The zero-order valence-corrected chi connectivity index (χ0v) is 14.4. The summed E-state index contributed by atoms with van der Waals surface area (Å²) in [6.45, 7) is 10.9. The van der Waals surface area contributed by atoms with Crippen LogP contribution in [0.15, 0.2) is 4.99 Å². The number of unbranched alkanes of at least 4 members (excludes halogenated alkanes) is 2. The molecule has 0 unspecified atom stereocenters. The third kappa shape index (κ3) is 10.9. The van der Waals surface area contributed by atoms with Gasteiger partial charge in [-0.15, -0.1) is 24.0 Å². The molecule has 0 heterocycles. The van der Waals surface area contributed by atoms with E-state index in [0.717, 1.165) is 19.0 Å². The van der Waals surface area contributed by atoms with Crippen LogP contribution in [-0.2, 0) is 0 Å². The summed E-state index contributed by atoms with van der Waals surface area (Å²) in [5.74, 6) is 0.908. The summed E-state index contributed by atoms with van der Waals surface area (Å²) in [5.41, 5.74) is 0.348. The molecule has 0 aromatic carbocycles. The van der Waals surface area contributed by atoms with Crippen molar-refractivity contribution in [2.75, 3.05) is 20.1 Å². The van der Waals surface area contributed by atoms with Gasteiger partial charge in [-0.1, -0.05) is 40.0 Å². The van der Waals surface area contributed by atoms with Crippen molar-refractivity contribution in [3.05, 3.63) is 0 Å². The molecule has 0 amide bonds. The van der Waals surface area contributed by atoms with Crippen LogP contribution in [0.3, 0.4) is 0 Å². The molecule has 0 aliphatic carbocycles. The molecule has 0 aromatic rings. The Hall–Kier alpha value is 0. The van der Waals surface area contributed by atoms with Crippen LogP contribution in [0.1, 0.15) is 53.4 Å². The normalized spacial score (nSPS) is 11.9. The molecule has 0 bridgehead atoms. The van der Waals surface area contributed by atoms with Crippen LogP contribution in [0.2, 0.25) is 0 Å². The lowest BCUT2D eigenvalue weighted by Gasteiger charge is -2.26. The second-order valence-electron chi connectivity index (χ2n) is 5.08. The minimum absolute atomic E-state index is 0. The molecular weight excluding hydrogens is 325 g/mol. The van der Waals surface area contributed by atoms with Crippen LogP contribution in [0.25, 0.3) is 0 Å². The molecule has 17 heavy (non-hydrogen) atoms. The van der Waals surface area contributed by atoms with Crippen molar-refractivity contribution >= 4 is 29.9 Å². The van der Waals surface area contributed by atoms with E-state index in [1.165, 1.54) is 25.7 Å². The molecule has 0 rings (SSSR count). The van der Waals surface area contributed by atoms with E-state index < -0.39 is 0 Å². The van der Waals surface area contributed by atoms with Gasteiger partial charge in [0.2, 0.25) is 0 Å². The molecule has 0 aliphatic rings. The molecule has 4 heteroatoms. The zero-order chi connectivity index (χ0) is 12.4. The number of hydrogen-bond acceptors (Lipinski definition) is 1. The number of nitrogens with zero attached hydrogens (tertiary/aromatic N) is 1. The second-order valence-corrected chi connectivity index (χ2v) is 5.08. The fraction of sp³-hybridized carbons (Fsp3) is 0.923. The third-order valence-corrected chi connectivity index (χ3v) is 2.76. The van der Waals surface area contributed by atoms with Gasteiger partial charge < -0.3 is 10.6 Å². The summed E-state index contributed by atoms with van der Waals surface area (Å²) in [5, 5.41) is 6.59.